The molecule has 1 aromatic carbocycles. The van der Waals surface area contributed by atoms with Crippen LogP contribution in [0.1, 0.15) is 6.42 Å². The van der Waals surface area contributed by atoms with Crippen molar-refractivity contribution in [3.8, 4) is 5.75 Å². The molecule has 0 spiro atoms. The summed E-state index contributed by atoms with van der Waals surface area (Å²) in [5, 5.41) is 5.22. The topological polar surface area (TPSA) is 82.4 Å². The lowest BCUT2D eigenvalue weighted by Crippen LogP contribution is -2.23. The zero-order valence-electron chi connectivity index (χ0n) is 14.3. The molecule has 0 unspecified atom stereocenters. The van der Waals surface area contributed by atoms with Crippen molar-refractivity contribution in [1.29, 1.82) is 0 Å². The maximum absolute atomic E-state index is 12.3. The zero-order valence-corrected chi connectivity index (χ0v) is 15.1. The van der Waals surface area contributed by atoms with Crippen LogP contribution in [0.5, 0.6) is 5.75 Å². The molecule has 0 radical (unpaired) electrons. The number of fused-ring (bicyclic) bond motifs is 1. The zero-order chi connectivity index (χ0) is 18.4. The number of anilines is 1. The van der Waals surface area contributed by atoms with Crippen molar-refractivity contribution in [2.24, 2.45) is 0 Å². The summed E-state index contributed by atoms with van der Waals surface area (Å²) in [4.78, 5) is 29.4. The smallest absolute Gasteiger partial charge is 0.262 e. The number of hydrogen-bond donors (Lipinski definition) is 1. The van der Waals surface area contributed by atoms with Gasteiger partial charge in [0, 0.05) is 31.8 Å². The highest BCUT2D eigenvalue weighted by Crippen LogP contribution is 2.17. The number of carbonyl (C=O) groups is 1. The van der Waals surface area contributed by atoms with E-state index in [0.717, 1.165) is 0 Å². The quantitative estimate of drug-likeness (QED) is 0.614. The first kappa shape index (κ1) is 18.1. The second-order valence-electron chi connectivity index (χ2n) is 5.55. The molecule has 7 nitrogen and oxygen atoms in total. The van der Waals surface area contributed by atoms with Crippen LogP contribution in [0.15, 0.2) is 46.8 Å². The van der Waals surface area contributed by atoms with Crippen molar-refractivity contribution < 1.29 is 14.3 Å². The standard InChI is InChI=1S/C18H19N3O4S/c1-24-8-9-25-14-4-2-3-13(11-14)20-16(22)5-7-21-12-19-17-15(18(21)23)6-10-26-17/h2-4,6,10-12H,5,7-9H2,1H3,(H,20,22). The Kier molecular flexibility index (Phi) is 5.98. The minimum atomic E-state index is -0.184. The molecule has 0 atom stereocenters. The highest BCUT2D eigenvalue weighted by molar-refractivity contribution is 7.16. The van der Waals surface area contributed by atoms with E-state index in [9.17, 15) is 9.59 Å². The Morgan fingerprint density at radius 1 is 1.31 bits per heavy atom. The third-order valence-corrected chi connectivity index (χ3v) is 4.52. The van der Waals surface area contributed by atoms with Gasteiger partial charge >= 0.3 is 0 Å². The number of nitrogens with one attached hydrogen (secondary N) is 1. The molecule has 0 aliphatic carbocycles. The average molecular weight is 373 g/mol. The first-order valence-electron chi connectivity index (χ1n) is 8.11. The third kappa shape index (κ3) is 4.47. The molecule has 2 heterocycles. The van der Waals surface area contributed by atoms with Gasteiger partial charge in [-0.25, -0.2) is 4.98 Å². The lowest BCUT2D eigenvalue weighted by molar-refractivity contribution is -0.116. The molecule has 0 aliphatic heterocycles. The minimum absolute atomic E-state index is 0.127. The summed E-state index contributed by atoms with van der Waals surface area (Å²) in [7, 11) is 1.61. The van der Waals surface area contributed by atoms with E-state index in [1.807, 2.05) is 11.4 Å². The molecule has 26 heavy (non-hydrogen) atoms. The number of methoxy groups -OCH3 is 1. The number of nitrogens with zero attached hydrogens (tertiary/aromatic N) is 2. The molecule has 1 amide bonds. The van der Waals surface area contributed by atoms with Gasteiger partial charge in [0.1, 0.15) is 17.2 Å². The maximum atomic E-state index is 12.3. The van der Waals surface area contributed by atoms with Crippen LogP contribution in [0, 0.1) is 0 Å². The second-order valence-corrected chi connectivity index (χ2v) is 6.44. The summed E-state index contributed by atoms with van der Waals surface area (Å²) in [6, 6.07) is 8.90. The van der Waals surface area contributed by atoms with Crippen LogP contribution in [0.2, 0.25) is 0 Å². The number of rotatable bonds is 8. The number of amides is 1. The molecule has 0 fully saturated rings. The Morgan fingerprint density at radius 3 is 3.04 bits per heavy atom. The fourth-order valence-electron chi connectivity index (χ4n) is 2.40. The molecular weight excluding hydrogens is 354 g/mol. The fourth-order valence-corrected chi connectivity index (χ4v) is 3.13. The second kappa shape index (κ2) is 8.59. The van der Waals surface area contributed by atoms with Crippen LogP contribution < -0.4 is 15.6 Å². The van der Waals surface area contributed by atoms with E-state index in [4.69, 9.17) is 9.47 Å². The van der Waals surface area contributed by atoms with Gasteiger partial charge in [0.2, 0.25) is 5.91 Å². The molecule has 8 heteroatoms. The monoisotopic (exact) mass is 373 g/mol. The fraction of sp³-hybridized carbons (Fsp3) is 0.278. The Bertz CT molecular complexity index is 951. The van der Waals surface area contributed by atoms with Gasteiger partial charge in [0.05, 0.1) is 18.3 Å². The molecule has 0 saturated carbocycles. The third-order valence-electron chi connectivity index (χ3n) is 3.70. The first-order valence-corrected chi connectivity index (χ1v) is 8.99. The van der Waals surface area contributed by atoms with Gasteiger partial charge in [0.15, 0.2) is 0 Å². The van der Waals surface area contributed by atoms with Crippen LogP contribution in [-0.4, -0.2) is 35.8 Å². The largest absolute Gasteiger partial charge is 0.491 e. The van der Waals surface area contributed by atoms with Crippen LogP contribution in [0.25, 0.3) is 10.2 Å². The van der Waals surface area contributed by atoms with E-state index < -0.39 is 0 Å². The number of ether oxygens (including phenoxy) is 2. The van der Waals surface area contributed by atoms with Crippen LogP contribution in [0.4, 0.5) is 5.69 Å². The van der Waals surface area contributed by atoms with Gasteiger partial charge in [-0.2, -0.15) is 0 Å². The van der Waals surface area contributed by atoms with Gasteiger partial charge in [-0.15, -0.1) is 11.3 Å². The molecule has 0 bridgehead atoms. The average Bonchev–Trinajstić information content (AvgIpc) is 3.11. The van der Waals surface area contributed by atoms with Gasteiger partial charge in [0.25, 0.3) is 5.56 Å². The predicted octanol–water partition coefficient (Wildman–Crippen LogP) is 2.51. The lowest BCUT2D eigenvalue weighted by Gasteiger charge is -2.09. The summed E-state index contributed by atoms with van der Waals surface area (Å²) < 4.78 is 11.9. The normalized spacial score (nSPS) is 10.8. The van der Waals surface area contributed by atoms with Crippen molar-refractivity contribution in [2.75, 3.05) is 25.6 Å². The van der Waals surface area contributed by atoms with Crippen molar-refractivity contribution >= 4 is 33.1 Å². The number of hydrogen-bond acceptors (Lipinski definition) is 6. The number of thiophene rings is 1. The summed E-state index contributed by atoms with van der Waals surface area (Å²) in [5.74, 6) is 0.472. The van der Waals surface area contributed by atoms with E-state index >= 15 is 0 Å². The molecule has 2 aromatic heterocycles. The van der Waals surface area contributed by atoms with E-state index in [-0.39, 0.29) is 24.4 Å². The summed E-state index contributed by atoms with van der Waals surface area (Å²) in [5.41, 5.74) is 0.515. The number of aryl methyl sites for hydroxylation is 1. The molecule has 136 valence electrons. The van der Waals surface area contributed by atoms with Gasteiger partial charge in [-0.1, -0.05) is 6.07 Å². The Morgan fingerprint density at radius 2 is 2.19 bits per heavy atom. The number of benzene rings is 1. The minimum Gasteiger partial charge on any atom is -0.491 e. The van der Waals surface area contributed by atoms with E-state index in [0.29, 0.717) is 34.9 Å². The van der Waals surface area contributed by atoms with Crippen molar-refractivity contribution in [2.45, 2.75) is 13.0 Å². The van der Waals surface area contributed by atoms with Crippen molar-refractivity contribution in [3.05, 3.63) is 52.4 Å². The predicted molar refractivity (Wildman–Crippen MR) is 101 cm³/mol. The summed E-state index contributed by atoms with van der Waals surface area (Å²) in [6.45, 7) is 1.20. The molecule has 3 rings (SSSR count). The summed E-state index contributed by atoms with van der Waals surface area (Å²) >= 11 is 1.42. The molecule has 0 saturated heterocycles. The molecule has 0 aliphatic rings. The lowest BCUT2D eigenvalue weighted by atomic mass is 10.3. The maximum Gasteiger partial charge on any atom is 0.262 e. The summed E-state index contributed by atoms with van der Waals surface area (Å²) in [6.07, 6.45) is 1.66. The Labute approximate surface area is 154 Å². The first-order chi connectivity index (χ1) is 12.7. The van der Waals surface area contributed by atoms with Crippen LogP contribution >= 0.6 is 11.3 Å². The number of aromatic nitrogens is 2. The SMILES string of the molecule is COCCOc1cccc(NC(=O)CCn2cnc3sccc3c2=O)c1. The molecule has 1 N–H and O–H groups in total. The molecule has 3 aromatic rings. The van der Waals surface area contributed by atoms with Gasteiger partial charge in [-0.05, 0) is 23.6 Å². The van der Waals surface area contributed by atoms with Crippen LogP contribution in [-0.2, 0) is 16.1 Å². The van der Waals surface area contributed by atoms with Crippen molar-refractivity contribution in [1.82, 2.24) is 9.55 Å². The van der Waals surface area contributed by atoms with E-state index in [1.165, 1.54) is 22.2 Å². The Hall–Kier alpha value is -2.71. The molecular formula is C18H19N3O4S. The number of carbonyl (C=O) groups excluding carboxylic acids is 1. The van der Waals surface area contributed by atoms with E-state index in [2.05, 4.69) is 10.3 Å². The van der Waals surface area contributed by atoms with Gasteiger partial charge < -0.3 is 14.8 Å². The van der Waals surface area contributed by atoms with Crippen molar-refractivity contribution in [3.63, 3.8) is 0 Å². The highest BCUT2D eigenvalue weighted by Gasteiger charge is 2.08. The highest BCUT2D eigenvalue weighted by atomic mass is 32.1. The van der Waals surface area contributed by atoms with Crippen LogP contribution in [0.3, 0.4) is 0 Å². The Balaban J connectivity index is 1.57. The van der Waals surface area contributed by atoms with Gasteiger partial charge in [-0.3, -0.25) is 14.2 Å². The van der Waals surface area contributed by atoms with E-state index in [1.54, 1.807) is 31.4 Å².